The quantitative estimate of drug-likeness (QED) is 0.154. The number of carbonyl (C=O) groups excluding carboxylic acids is 4. The summed E-state index contributed by atoms with van der Waals surface area (Å²) < 4.78 is 5.56. The summed E-state index contributed by atoms with van der Waals surface area (Å²) in [7, 11) is 0. The molecular formula is C24H35N3O6. The molecule has 33 heavy (non-hydrogen) atoms. The van der Waals surface area contributed by atoms with Crippen LogP contribution in [0.2, 0.25) is 0 Å². The van der Waals surface area contributed by atoms with Gasteiger partial charge in [0.2, 0.25) is 17.7 Å². The van der Waals surface area contributed by atoms with E-state index in [9.17, 15) is 19.2 Å². The van der Waals surface area contributed by atoms with Gasteiger partial charge in [-0.3, -0.25) is 19.6 Å². The predicted molar refractivity (Wildman–Crippen MR) is 122 cm³/mol. The topological polar surface area (TPSA) is 134 Å². The van der Waals surface area contributed by atoms with Crippen LogP contribution in [0.4, 0.5) is 5.69 Å². The molecule has 9 heteroatoms. The van der Waals surface area contributed by atoms with E-state index >= 15 is 0 Å². The van der Waals surface area contributed by atoms with Gasteiger partial charge in [0, 0.05) is 31.9 Å². The average molecular weight is 462 g/mol. The van der Waals surface area contributed by atoms with E-state index in [-0.39, 0.29) is 24.3 Å². The third-order valence-corrected chi connectivity index (χ3v) is 5.61. The Morgan fingerprint density at radius 3 is 2.15 bits per heavy atom. The highest BCUT2D eigenvalue weighted by molar-refractivity contribution is 5.90. The Morgan fingerprint density at radius 1 is 0.970 bits per heavy atom. The van der Waals surface area contributed by atoms with Crippen molar-refractivity contribution in [1.29, 1.82) is 0 Å². The number of esters is 1. The number of rotatable bonds is 13. The van der Waals surface area contributed by atoms with Crippen LogP contribution in [0.5, 0.6) is 0 Å². The Hall–Kier alpha value is -2.94. The van der Waals surface area contributed by atoms with Crippen molar-refractivity contribution in [3.63, 3.8) is 0 Å². The van der Waals surface area contributed by atoms with Gasteiger partial charge in [0.05, 0.1) is 0 Å². The van der Waals surface area contributed by atoms with E-state index in [1.54, 1.807) is 17.6 Å². The van der Waals surface area contributed by atoms with Gasteiger partial charge in [0.15, 0.2) is 0 Å². The first-order chi connectivity index (χ1) is 15.9. The summed E-state index contributed by atoms with van der Waals surface area (Å²) in [5, 5.41) is 14.0. The van der Waals surface area contributed by atoms with E-state index in [1.165, 1.54) is 6.92 Å². The van der Waals surface area contributed by atoms with E-state index in [0.29, 0.717) is 31.4 Å². The van der Waals surface area contributed by atoms with Gasteiger partial charge in [-0.05, 0) is 56.2 Å². The second kappa shape index (κ2) is 14.3. The molecule has 182 valence electrons. The van der Waals surface area contributed by atoms with Crippen LogP contribution in [0.15, 0.2) is 24.3 Å². The maximum absolute atomic E-state index is 12.5. The lowest BCUT2D eigenvalue weighted by Gasteiger charge is -2.20. The maximum Gasteiger partial charge on any atom is 0.329 e. The molecule has 1 fully saturated rings. The molecular weight excluding hydrogens is 426 g/mol. The van der Waals surface area contributed by atoms with Crippen LogP contribution in [0.1, 0.15) is 76.7 Å². The lowest BCUT2D eigenvalue weighted by Crippen LogP contribution is -2.43. The number of nitrogens with one attached hydrogen (secondary N) is 3. The van der Waals surface area contributed by atoms with Crippen molar-refractivity contribution in [1.82, 2.24) is 10.8 Å². The first kappa shape index (κ1) is 26.3. The van der Waals surface area contributed by atoms with Crippen molar-refractivity contribution >= 4 is 29.4 Å². The zero-order chi connectivity index (χ0) is 24.1. The molecule has 1 aliphatic carbocycles. The minimum Gasteiger partial charge on any atom is -0.461 e. The Morgan fingerprint density at radius 2 is 1.58 bits per heavy atom. The van der Waals surface area contributed by atoms with Gasteiger partial charge in [-0.15, -0.1) is 0 Å². The predicted octanol–water partition coefficient (Wildman–Crippen LogP) is 3.00. The molecule has 1 atom stereocenters. The van der Waals surface area contributed by atoms with Crippen LogP contribution in [0, 0.1) is 0 Å². The summed E-state index contributed by atoms with van der Waals surface area (Å²) in [6.07, 6.45) is 7.78. The number of amides is 3. The van der Waals surface area contributed by atoms with Crippen LogP contribution in [0.25, 0.3) is 0 Å². The molecule has 4 N–H and O–H groups in total. The molecule has 1 saturated carbocycles. The number of unbranched alkanes of at least 4 members (excludes halogenated alkanes) is 3. The van der Waals surface area contributed by atoms with Crippen molar-refractivity contribution in [2.75, 3.05) is 5.32 Å². The van der Waals surface area contributed by atoms with Crippen LogP contribution >= 0.6 is 0 Å². The number of hydroxylamine groups is 1. The van der Waals surface area contributed by atoms with Crippen molar-refractivity contribution in [3.05, 3.63) is 29.8 Å². The summed E-state index contributed by atoms with van der Waals surface area (Å²) in [5.74, 6) is -1.19. The molecule has 0 heterocycles. The summed E-state index contributed by atoms with van der Waals surface area (Å²) in [6, 6.07) is 6.44. The SMILES string of the molecule is CC(=O)N[C@H](Cc1ccc(NC(=O)CCCCCCC(=O)NO)cc1)C(=O)OC1CCCC1. The molecule has 0 radical (unpaired) electrons. The van der Waals surface area contributed by atoms with Crippen LogP contribution in [-0.4, -0.2) is 41.0 Å². The van der Waals surface area contributed by atoms with Gasteiger partial charge in [0.1, 0.15) is 12.1 Å². The fourth-order valence-corrected chi connectivity index (χ4v) is 3.86. The first-order valence-corrected chi connectivity index (χ1v) is 11.7. The van der Waals surface area contributed by atoms with Crippen LogP contribution < -0.4 is 16.1 Å². The standard InChI is InChI=1S/C24H35N3O6/c1-17(28)25-21(24(31)33-20-8-6-7-9-20)16-18-12-14-19(15-13-18)26-22(29)10-4-2-3-5-11-23(30)27-32/h12-15,20-21,32H,2-11,16H2,1H3,(H,25,28)(H,26,29)(H,27,30)/t21-/m1/s1. The number of hydrogen-bond donors (Lipinski definition) is 4. The van der Waals surface area contributed by atoms with Gasteiger partial charge in [-0.2, -0.15) is 0 Å². The number of anilines is 1. The largest absolute Gasteiger partial charge is 0.461 e. The number of benzene rings is 1. The van der Waals surface area contributed by atoms with Crippen LogP contribution in [0.3, 0.4) is 0 Å². The molecule has 3 amide bonds. The second-order valence-electron chi connectivity index (χ2n) is 8.49. The van der Waals surface area contributed by atoms with Gasteiger partial charge in [-0.1, -0.05) is 25.0 Å². The zero-order valence-electron chi connectivity index (χ0n) is 19.2. The molecule has 0 aliphatic heterocycles. The van der Waals surface area contributed by atoms with Gasteiger partial charge in [0.25, 0.3) is 0 Å². The molecule has 0 unspecified atom stereocenters. The van der Waals surface area contributed by atoms with Gasteiger partial charge < -0.3 is 15.4 Å². The molecule has 0 spiro atoms. The van der Waals surface area contributed by atoms with E-state index in [1.807, 2.05) is 12.1 Å². The fraction of sp³-hybridized carbons (Fsp3) is 0.583. The third-order valence-electron chi connectivity index (χ3n) is 5.61. The minimum absolute atomic E-state index is 0.0635. The average Bonchev–Trinajstić information content (AvgIpc) is 3.29. The molecule has 2 rings (SSSR count). The molecule has 1 aromatic carbocycles. The first-order valence-electron chi connectivity index (χ1n) is 11.7. The van der Waals surface area contributed by atoms with Crippen molar-refractivity contribution < 1.29 is 29.1 Å². The molecule has 0 bridgehead atoms. The minimum atomic E-state index is -0.744. The summed E-state index contributed by atoms with van der Waals surface area (Å²) in [5.41, 5.74) is 3.11. The molecule has 0 aromatic heterocycles. The number of ether oxygens (including phenoxy) is 1. The normalized spacial score (nSPS) is 14.4. The number of carbonyl (C=O) groups is 4. The monoisotopic (exact) mass is 461 g/mol. The highest BCUT2D eigenvalue weighted by Gasteiger charge is 2.26. The van der Waals surface area contributed by atoms with Crippen molar-refractivity contribution in [3.8, 4) is 0 Å². The van der Waals surface area contributed by atoms with E-state index in [0.717, 1.165) is 44.1 Å². The van der Waals surface area contributed by atoms with E-state index < -0.39 is 17.9 Å². The molecule has 9 nitrogen and oxygen atoms in total. The summed E-state index contributed by atoms with van der Waals surface area (Å²) in [6.45, 7) is 1.38. The summed E-state index contributed by atoms with van der Waals surface area (Å²) in [4.78, 5) is 47.1. The third kappa shape index (κ3) is 10.5. The maximum atomic E-state index is 12.5. The Labute approximate surface area is 194 Å². The van der Waals surface area contributed by atoms with Crippen LogP contribution in [-0.2, 0) is 30.3 Å². The lowest BCUT2D eigenvalue weighted by atomic mass is 10.1. The Bertz CT molecular complexity index is 790. The molecule has 1 aliphatic rings. The lowest BCUT2D eigenvalue weighted by molar-refractivity contribution is -0.152. The second-order valence-corrected chi connectivity index (χ2v) is 8.49. The van der Waals surface area contributed by atoms with Gasteiger partial charge >= 0.3 is 5.97 Å². The van der Waals surface area contributed by atoms with Crippen molar-refractivity contribution in [2.24, 2.45) is 0 Å². The van der Waals surface area contributed by atoms with E-state index in [2.05, 4.69) is 10.6 Å². The number of hydrogen-bond acceptors (Lipinski definition) is 6. The molecule has 1 aromatic rings. The smallest absolute Gasteiger partial charge is 0.329 e. The fourth-order valence-electron chi connectivity index (χ4n) is 3.86. The highest BCUT2D eigenvalue weighted by atomic mass is 16.5. The highest BCUT2D eigenvalue weighted by Crippen LogP contribution is 2.22. The summed E-state index contributed by atoms with van der Waals surface area (Å²) >= 11 is 0. The van der Waals surface area contributed by atoms with Crippen molar-refractivity contribution in [2.45, 2.75) is 89.7 Å². The zero-order valence-corrected chi connectivity index (χ0v) is 19.2. The Balaban J connectivity index is 1.76. The molecule has 0 saturated heterocycles. The van der Waals surface area contributed by atoms with Gasteiger partial charge in [-0.25, -0.2) is 10.3 Å². The Kier molecular flexibility index (Phi) is 11.4. The van der Waals surface area contributed by atoms with E-state index in [4.69, 9.17) is 9.94 Å².